The first-order chi connectivity index (χ1) is 7.16. The molecule has 2 rings (SSSR count). The van der Waals surface area contributed by atoms with Gasteiger partial charge in [-0.05, 0) is 36.3 Å². The Morgan fingerprint density at radius 1 is 1.40 bits per heavy atom. The van der Waals surface area contributed by atoms with Crippen molar-refractivity contribution >= 4 is 0 Å². The van der Waals surface area contributed by atoms with Gasteiger partial charge >= 0.3 is 0 Å². The molecule has 0 saturated heterocycles. The summed E-state index contributed by atoms with van der Waals surface area (Å²) in [6.07, 6.45) is 7.02. The average molecular weight is 206 g/mol. The number of hydrogen-bond acceptors (Lipinski definition) is 1. The fourth-order valence-corrected chi connectivity index (χ4v) is 2.57. The molecule has 3 unspecified atom stereocenters. The van der Waals surface area contributed by atoms with E-state index in [1.807, 2.05) is 0 Å². The Balaban J connectivity index is 1.83. The van der Waals surface area contributed by atoms with Gasteiger partial charge in [0.25, 0.3) is 0 Å². The standard InChI is InChI=1S/C13H22N2/c1-10-4-5-13(11(10)2)14-8-12-6-7-15(3)9-12/h6-7,9-11,13-14H,4-5,8H2,1-3H3. The predicted molar refractivity (Wildman–Crippen MR) is 63.6 cm³/mol. The number of rotatable bonds is 3. The summed E-state index contributed by atoms with van der Waals surface area (Å²) in [6, 6.07) is 2.91. The summed E-state index contributed by atoms with van der Waals surface area (Å²) in [4.78, 5) is 0. The minimum atomic E-state index is 0.722. The molecule has 1 fully saturated rings. The average Bonchev–Trinajstić information content (AvgIpc) is 2.74. The van der Waals surface area contributed by atoms with Crippen LogP contribution in [0.1, 0.15) is 32.3 Å². The van der Waals surface area contributed by atoms with Crippen LogP contribution in [-0.4, -0.2) is 10.6 Å². The van der Waals surface area contributed by atoms with Gasteiger partial charge in [-0.1, -0.05) is 13.8 Å². The van der Waals surface area contributed by atoms with Crippen LogP contribution >= 0.6 is 0 Å². The number of hydrogen-bond donors (Lipinski definition) is 1. The van der Waals surface area contributed by atoms with Crippen molar-refractivity contribution in [2.24, 2.45) is 18.9 Å². The SMILES string of the molecule is CC1CCC(NCc2ccn(C)c2)C1C. The van der Waals surface area contributed by atoms with Gasteiger partial charge in [0.15, 0.2) is 0 Å². The Morgan fingerprint density at radius 3 is 2.73 bits per heavy atom. The molecule has 3 atom stereocenters. The molecule has 1 aromatic rings. The molecule has 15 heavy (non-hydrogen) atoms. The first kappa shape index (κ1) is 10.7. The van der Waals surface area contributed by atoms with Crippen LogP contribution in [0.3, 0.4) is 0 Å². The van der Waals surface area contributed by atoms with Crippen LogP contribution in [0.2, 0.25) is 0 Å². The molecular weight excluding hydrogens is 184 g/mol. The lowest BCUT2D eigenvalue weighted by molar-refractivity contribution is 0.370. The molecule has 0 radical (unpaired) electrons. The van der Waals surface area contributed by atoms with Crippen molar-refractivity contribution < 1.29 is 0 Å². The highest BCUT2D eigenvalue weighted by Crippen LogP contribution is 2.31. The third-order valence-corrected chi connectivity index (χ3v) is 3.93. The van der Waals surface area contributed by atoms with Crippen molar-refractivity contribution in [3.63, 3.8) is 0 Å². The highest BCUT2D eigenvalue weighted by Gasteiger charge is 2.28. The van der Waals surface area contributed by atoms with Gasteiger partial charge in [-0.25, -0.2) is 0 Å². The van der Waals surface area contributed by atoms with Gasteiger partial charge in [-0.2, -0.15) is 0 Å². The van der Waals surface area contributed by atoms with Crippen molar-refractivity contribution in [3.05, 3.63) is 24.0 Å². The van der Waals surface area contributed by atoms with Gasteiger partial charge in [-0.15, -0.1) is 0 Å². The number of nitrogens with zero attached hydrogens (tertiary/aromatic N) is 1. The van der Waals surface area contributed by atoms with Gasteiger partial charge in [-0.3, -0.25) is 0 Å². The van der Waals surface area contributed by atoms with Crippen molar-refractivity contribution in [2.45, 2.75) is 39.3 Å². The zero-order valence-electron chi connectivity index (χ0n) is 10.0. The Kier molecular flexibility index (Phi) is 3.15. The second-order valence-corrected chi connectivity index (χ2v) is 5.09. The fourth-order valence-electron chi connectivity index (χ4n) is 2.57. The number of aryl methyl sites for hydroxylation is 1. The molecule has 0 spiro atoms. The lowest BCUT2D eigenvalue weighted by atomic mass is 9.98. The molecule has 1 aliphatic carbocycles. The summed E-state index contributed by atoms with van der Waals surface area (Å²) >= 11 is 0. The normalized spacial score (nSPS) is 31.0. The Morgan fingerprint density at radius 2 is 2.20 bits per heavy atom. The van der Waals surface area contributed by atoms with E-state index in [4.69, 9.17) is 0 Å². The van der Waals surface area contributed by atoms with E-state index in [0.29, 0.717) is 0 Å². The van der Waals surface area contributed by atoms with E-state index < -0.39 is 0 Å². The molecule has 0 bridgehead atoms. The summed E-state index contributed by atoms with van der Waals surface area (Å²) in [6.45, 7) is 5.76. The molecule has 1 heterocycles. The van der Waals surface area contributed by atoms with E-state index in [-0.39, 0.29) is 0 Å². The molecule has 1 saturated carbocycles. The molecule has 1 aliphatic rings. The first-order valence-corrected chi connectivity index (χ1v) is 6.01. The maximum atomic E-state index is 3.68. The van der Waals surface area contributed by atoms with Crippen molar-refractivity contribution in [3.8, 4) is 0 Å². The maximum Gasteiger partial charge on any atom is 0.0223 e. The lowest BCUT2D eigenvalue weighted by Gasteiger charge is -2.19. The summed E-state index contributed by atoms with van der Waals surface area (Å²) in [7, 11) is 2.07. The lowest BCUT2D eigenvalue weighted by Crippen LogP contribution is -2.31. The van der Waals surface area contributed by atoms with Gasteiger partial charge in [0, 0.05) is 32.0 Å². The first-order valence-electron chi connectivity index (χ1n) is 6.01. The fraction of sp³-hybridized carbons (Fsp3) is 0.692. The minimum Gasteiger partial charge on any atom is -0.357 e. The zero-order valence-corrected chi connectivity index (χ0v) is 10.0. The van der Waals surface area contributed by atoms with Crippen molar-refractivity contribution in [1.29, 1.82) is 0 Å². The molecular formula is C13H22N2. The second kappa shape index (κ2) is 4.40. The van der Waals surface area contributed by atoms with E-state index in [9.17, 15) is 0 Å². The van der Waals surface area contributed by atoms with Gasteiger partial charge in [0.1, 0.15) is 0 Å². The molecule has 2 nitrogen and oxygen atoms in total. The minimum absolute atomic E-state index is 0.722. The quantitative estimate of drug-likeness (QED) is 0.804. The van der Waals surface area contributed by atoms with Crippen LogP contribution in [0.5, 0.6) is 0 Å². The summed E-state index contributed by atoms with van der Waals surface area (Å²) in [5.41, 5.74) is 1.39. The molecule has 0 amide bonds. The highest BCUT2D eigenvalue weighted by molar-refractivity contribution is 5.09. The van der Waals surface area contributed by atoms with Crippen LogP contribution in [0, 0.1) is 11.8 Å². The van der Waals surface area contributed by atoms with E-state index in [1.165, 1.54) is 18.4 Å². The largest absolute Gasteiger partial charge is 0.357 e. The maximum absolute atomic E-state index is 3.68. The Hall–Kier alpha value is -0.760. The van der Waals surface area contributed by atoms with Crippen LogP contribution in [-0.2, 0) is 13.6 Å². The molecule has 0 aliphatic heterocycles. The Labute approximate surface area is 92.7 Å². The van der Waals surface area contributed by atoms with Gasteiger partial charge in [0.05, 0.1) is 0 Å². The molecule has 84 valence electrons. The molecule has 1 N–H and O–H groups in total. The number of nitrogens with one attached hydrogen (secondary N) is 1. The van der Waals surface area contributed by atoms with Crippen LogP contribution in [0.4, 0.5) is 0 Å². The summed E-state index contributed by atoms with van der Waals surface area (Å²) in [5.74, 6) is 1.71. The molecule has 0 aromatic carbocycles. The zero-order chi connectivity index (χ0) is 10.8. The second-order valence-electron chi connectivity index (χ2n) is 5.09. The highest BCUT2D eigenvalue weighted by atomic mass is 14.9. The Bertz CT molecular complexity index is 316. The van der Waals surface area contributed by atoms with Crippen molar-refractivity contribution in [1.82, 2.24) is 9.88 Å². The third kappa shape index (κ3) is 2.43. The van der Waals surface area contributed by atoms with Crippen molar-refractivity contribution in [2.75, 3.05) is 0 Å². The molecule has 1 aromatic heterocycles. The van der Waals surface area contributed by atoms with Crippen LogP contribution in [0.25, 0.3) is 0 Å². The van der Waals surface area contributed by atoms with Crippen LogP contribution < -0.4 is 5.32 Å². The summed E-state index contributed by atoms with van der Waals surface area (Å²) in [5, 5.41) is 3.68. The van der Waals surface area contributed by atoms with Gasteiger partial charge < -0.3 is 9.88 Å². The topological polar surface area (TPSA) is 17.0 Å². The monoisotopic (exact) mass is 206 g/mol. The third-order valence-electron chi connectivity index (χ3n) is 3.93. The van der Waals surface area contributed by atoms with E-state index in [1.54, 1.807) is 0 Å². The predicted octanol–water partition coefficient (Wildman–Crippen LogP) is 2.55. The molecule has 2 heteroatoms. The van der Waals surface area contributed by atoms with E-state index in [0.717, 1.165) is 24.4 Å². The summed E-state index contributed by atoms with van der Waals surface area (Å²) < 4.78 is 2.11. The number of aromatic nitrogens is 1. The van der Waals surface area contributed by atoms with Gasteiger partial charge in [0.2, 0.25) is 0 Å². The van der Waals surface area contributed by atoms with E-state index >= 15 is 0 Å². The van der Waals surface area contributed by atoms with E-state index in [2.05, 4.69) is 49.2 Å². The smallest absolute Gasteiger partial charge is 0.0223 e. The van der Waals surface area contributed by atoms with Crippen LogP contribution in [0.15, 0.2) is 18.5 Å².